The van der Waals surface area contributed by atoms with E-state index in [4.69, 9.17) is 4.74 Å². The van der Waals surface area contributed by atoms with Gasteiger partial charge in [-0.15, -0.1) is 10.2 Å². The molecule has 6 nitrogen and oxygen atoms in total. The fourth-order valence-corrected chi connectivity index (χ4v) is 3.79. The summed E-state index contributed by atoms with van der Waals surface area (Å²) in [5, 5.41) is 8.95. The van der Waals surface area contributed by atoms with Crippen molar-refractivity contribution in [2.75, 3.05) is 64.4 Å². The summed E-state index contributed by atoms with van der Waals surface area (Å²) in [5.74, 6) is 0.976. The molecule has 0 unspecified atom stereocenters. The van der Waals surface area contributed by atoms with E-state index in [1.807, 2.05) is 0 Å². The average Bonchev–Trinajstić information content (AvgIpc) is 2.75. The molecule has 0 saturated carbocycles. The molecular formula is C21H29N5O. The molecule has 6 heteroatoms. The van der Waals surface area contributed by atoms with Gasteiger partial charge in [0.1, 0.15) is 0 Å². The van der Waals surface area contributed by atoms with Gasteiger partial charge in [-0.1, -0.05) is 24.3 Å². The maximum absolute atomic E-state index is 5.46. The van der Waals surface area contributed by atoms with E-state index < -0.39 is 0 Å². The first kappa shape index (κ1) is 18.3. The summed E-state index contributed by atoms with van der Waals surface area (Å²) >= 11 is 0. The number of ether oxygens (including phenoxy) is 1. The van der Waals surface area contributed by atoms with E-state index in [0.717, 1.165) is 69.6 Å². The van der Waals surface area contributed by atoms with Gasteiger partial charge in [0.25, 0.3) is 0 Å². The highest BCUT2D eigenvalue weighted by Crippen LogP contribution is 2.25. The lowest BCUT2D eigenvalue weighted by atomic mass is 10.0. The molecule has 0 aliphatic carbocycles. The number of hydrogen-bond donors (Lipinski definition) is 0. The molecule has 0 N–H and O–H groups in total. The third kappa shape index (κ3) is 4.29. The van der Waals surface area contributed by atoms with Gasteiger partial charge in [0, 0.05) is 50.9 Å². The smallest absolute Gasteiger partial charge is 0.151 e. The minimum atomic E-state index is 0.411. The number of morpholine rings is 1. The topological polar surface area (TPSA) is 44.7 Å². The Balaban J connectivity index is 1.42. The molecule has 4 rings (SSSR count). The van der Waals surface area contributed by atoms with Crippen molar-refractivity contribution in [3.8, 4) is 11.3 Å². The van der Waals surface area contributed by atoms with Crippen LogP contribution in [0.25, 0.3) is 11.3 Å². The fourth-order valence-electron chi connectivity index (χ4n) is 3.79. The second-order valence-corrected chi connectivity index (χ2v) is 7.51. The van der Waals surface area contributed by atoms with Crippen LogP contribution in [0.15, 0.2) is 36.4 Å². The first-order valence-electron chi connectivity index (χ1n) is 9.90. The van der Waals surface area contributed by atoms with Crippen molar-refractivity contribution in [3.63, 3.8) is 0 Å². The molecule has 144 valence electrons. The van der Waals surface area contributed by atoms with Crippen LogP contribution in [0.4, 0.5) is 5.82 Å². The monoisotopic (exact) mass is 367 g/mol. The summed E-state index contributed by atoms with van der Waals surface area (Å²) in [4.78, 5) is 7.13. The van der Waals surface area contributed by atoms with Crippen LogP contribution in [0.2, 0.25) is 0 Å². The molecule has 2 aromatic rings. The number of anilines is 1. The SMILES string of the molecule is C[C@H](c1ccc(-c2ccc(N3CCN(C)CC3)nn2)cc1)N1CCOCC1. The van der Waals surface area contributed by atoms with Gasteiger partial charge in [-0.2, -0.15) is 0 Å². The van der Waals surface area contributed by atoms with Crippen molar-refractivity contribution in [2.24, 2.45) is 0 Å². The zero-order valence-electron chi connectivity index (χ0n) is 16.3. The Morgan fingerprint density at radius 1 is 0.852 bits per heavy atom. The number of piperazine rings is 1. The summed E-state index contributed by atoms with van der Waals surface area (Å²) in [7, 11) is 2.16. The summed E-state index contributed by atoms with van der Waals surface area (Å²) < 4.78 is 5.46. The van der Waals surface area contributed by atoms with Gasteiger partial charge < -0.3 is 14.5 Å². The number of rotatable bonds is 4. The van der Waals surface area contributed by atoms with Gasteiger partial charge in [0.2, 0.25) is 0 Å². The van der Waals surface area contributed by atoms with Crippen LogP contribution in [-0.2, 0) is 4.74 Å². The molecule has 2 aliphatic rings. The summed E-state index contributed by atoms with van der Waals surface area (Å²) in [6, 6.07) is 13.3. The molecule has 1 aromatic carbocycles. The predicted octanol–water partition coefficient (Wildman–Crippen LogP) is 2.29. The van der Waals surface area contributed by atoms with E-state index in [2.05, 4.69) is 75.3 Å². The molecule has 1 aromatic heterocycles. The standard InChI is InChI=1S/C21H29N5O/c1-17(25-13-15-27-16-14-25)18-3-5-19(6-4-18)20-7-8-21(23-22-20)26-11-9-24(2)10-12-26/h3-8,17H,9-16H2,1-2H3/t17-/m1/s1. The molecule has 0 spiro atoms. The van der Waals surface area contributed by atoms with Gasteiger partial charge in [0.05, 0.1) is 18.9 Å². The van der Waals surface area contributed by atoms with E-state index >= 15 is 0 Å². The number of nitrogens with zero attached hydrogens (tertiary/aromatic N) is 5. The van der Waals surface area contributed by atoms with E-state index in [1.54, 1.807) is 0 Å². The van der Waals surface area contributed by atoms with Gasteiger partial charge in [-0.25, -0.2) is 0 Å². The van der Waals surface area contributed by atoms with Crippen LogP contribution in [-0.4, -0.2) is 79.5 Å². The highest BCUT2D eigenvalue weighted by Gasteiger charge is 2.19. The third-order valence-corrected chi connectivity index (χ3v) is 5.76. The normalized spacial score (nSPS) is 20.6. The highest BCUT2D eigenvalue weighted by molar-refractivity contribution is 5.60. The second kappa shape index (κ2) is 8.33. The predicted molar refractivity (Wildman–Crippen MR) is 108 cm³/mol. The van der Waals surface area contributed by atoms with E-state index in [1.165, 1.54) is 5.56 Å². The molecule has 2 fully saturated rings. The molecule has 1 atom stereocenters. The molecule has 2 aliphatic heterocycles. The zero-order chi connectivity index (χ0) is 18.6. The van der Waals surface area contributed by atoms with Crippen LogP contribution in [0, 0.1) is 0 Å². The van der Waals surface area contributed by atoms with Crippen LogP contribution in [0.5, 0.6) is 0 Å². The number of aromatic nitrogens is 2. The van der Waals surface area contributed by atoms with Crippen molar-refractivity contribution in [3.05, 3.63) is 42.0 Å². The first-order chi connectivity index (χ1) is 13.2. The Labute approximate surface area is 161 Å². The maximum Gasteiger partial charge on any atom is 0.151 e. The minimum Gasteiger partial charge on any atom is -0.379 e. The van der Waals surface area contributed by atoms with Crippen molar-refractivity contribution in [1.29, 1.82) is 0 Å². The Kier molecular flexibility index (Phi) is 5.66. The number of hydrogen-bond acceptors (Lipinski definition) is 6. The van der Waals surface area contributed by atoms with Gasteiger partial charge in [-0.05, 0) is 31.7 Å². The molecule has 3 heterocycles. The quantitative estimate of drug-likeness (QED) is 0.826. The Bertz CT molecular complexity index is 719. The molecule has 0 amide bonds. The van der Waals surface area contributed by atoms with Crippen molar-refractivity contribution >= 4 is 5.82 Å². The molecule has 27 heavy (non-hydrogen) atoms. The van der Waals surface area contributed by atoms with Crippen LogP contribution >= 0.6 is 0 Å². The zero-order valence-corrected chi connectivity index (χ0v) is 16.3. The van der Waals surface area contributed by atoms with Crippen LogP contribution in [0.3, 0.4) is 0 Å². The maximum atomic E-state index is 5.46. The molecule has 0 radical (unpaired) electrons. The Morgan fingerprint density at radius 3 is 2.19 bits per heavy atom. The summed E-state index contributed by atoms with van der Waals surface area (Å²) in [6.45, 7) is 10.1. The van der Waals surface area contributed by atoms with Crippen molar-refractivity contribution in [1.82, 2.24) is 20.0 Å². The van der Waals surface area contributed by atoms with Crippen molar-refractivity contribution < 1.29 is 4.74 Å². The highest BCUT2D eigenvalue weighted by atomic mass is 16.5. The summed E-state index contributed by atoms with van der Waals surface area (Å²) in [6.07, 6.45) is 0. The number of likely N-dealkylation sites (N-methyl/N-ethyl adjacent to an activating group) is 1. The average molecular weight is 367 g/mol. The third-order valence-electron chi connectivity index (χ3n) is 5.76. The van der Waals surface area contributed by atoms with Gasteiger partial charge >= 0.3 is 0 Å². The molecule has 2 saturated heterocycles. The Morgan fingerprint density at radius 2 is 1.56 bits per heavy atom. The fraction of sp³-hybridized carbons (Fsp3) is 0.524. The minimum absolute atomic E-state index is 0.411. The summed E-state index contributed by atoms with van der Waals surface area (Å²) in [5.41, 5.74) is 3.38. The molecular weight excluding hydrogens is 338 g/mol. The largest absolute Gasteiger partial charge is 0.379 e. The van der Waals surface area contributed by atoms with E-state index in [0.29, 0.717) is 6.04 Å². The van der Waals surface area contributed by atoms with Gasteiger partial charge in [-0.3, -0.25) is 4.90 Å². The van der Waals surface area contributed by atoms with Gasteiger partial charge in [0.15, 0.2) is 5.82 Å². The lowest BCUT2D eigenvalue weighted by Gasteiger charge is -2.33. The van der Waals surface area contributed by atoms with Crippen LogP contribution < -0.4 is 4.90 Å². The van der Waals surface area contributed by atoms with E-state index in [-0.39, 0.29) is 0 Å². The van der Waals surface area contributed by atoms with E-state index in [9.17, 15) is 0 Å². The lowest BCUT2D eigenvalue weighted by molar-refractivity contribution is 0.0198. The Hall–Kier alpha value is -2.02. The lowest BCUT2D eigenvalue weighted by Crippen LogP contribution is -2.44. The second-order valence-electron chi connectivity index (χ2n) is 7.51. The van der Waals surface area contributed by atoms with Crippen molar-refractivity contribution in [2.45, 2.75) is 13.0 Å². The number of benzene rings is 1. The van der Waals surface area contributed by atoms with Crippen LogP contribution in [0.1, 0.15) is 18.5 Å². The molecule has 0 bridgehead atoms. The first-order valence-corrected chi connectivity index (χ1v) is 9.90.